The quantitative estimate of drug-likeness (QED) is 0.784. The Hall–Kier alpha value is -0.0800. The molecule has 1 N–H and O–H groups in total. The van der Waals surface area contributed by atoms with E-state index in [0.29, 0.717) is 0 Å². The predicted octanol–water partition coefficient (Wildman–Crippen LogP) is 3.66. The van der Waals surface area contributed by atoms with Gasteiger partial charge in [-0.05, 0) is 44.6 Å². The van der Waals surface area contributed by atoms with Crippen LogP contribution >= 0.6 is 0 Å². The maximum Gasteiger partial charge on any atom is 0.0252 e. The van der Waals surface area contributed by atoms with E-state index >= 15 is 0 Å². The lowest BCUT2D eigenvalue weighted by molar-refractivity contribution is 0.0223. The Labute approximate surface area is 120 Å². The average Bonchev–Trinajstić information content (AvgIpc) is 2.60. The zero-order valence-electron chi connectivity index (χ0n) is 13.5. The van der Waals surface area contributed by atoms with Crippen LogP contribution in [0.2, 0.25) is 0 Å². The van der Waals surface area contributed by atoms with Crippen molar-refractivity contribution in [2.45, 2.75) is 84.3 Å². The Kier molecular flexibility index (Phi) is 5.70. The van der Waals surface area contributed by atoms with E-state index in [1.807, 2.05) is 0 Å². The van der Waals surface area contributed by atoms with E-state index in [-0.39, 0.29) is 0 Å². The van der Waals surface area contributed by atoms with Crippen molar-refractivity contribution in [3.63, 3.8) is 0 Å². The van der Waals surface area contributed by atoms with Gasteiger partial charge in [0, 0.05) is 24.7 Å². The van der Waals surface area contributed by atoms with E-state index in [0.717, 1.165) is 36.5 Å². The minimum atomic E-state index is 0.729. The Morgan fingerprint density at radius 1 is 1.05 bits per heavy atom. The molecule has 2 rings (SSSR count). The van der Waals surface area contributed by atoms with Gasteiger partial charge in [0.1, 0.15) is 0 Å². The summed E-state index contributed by atoms with van der Waals surface area (Å²) in [5.74, 6) is 1.73. The first-order chi connectivity index (χ1) is 9.13. The first kappa shape index (κ1) is 15.3. The van der Waals surface area contributed by atoms with Gasteiger partial charge in [-0.1, -0.05) is 40.0 Å². The summed E-state index contributed by atoms with van der Waals surface area (Å²) in [6.07, 6.45) is 8.48. The van der Waals surface area contributed by atoms with E-state index < -0.39 is 0 Å². The molecule has 0 amide bonds. The van der Waals surface area contributed by atoms with Crippen LogP contribution in [0.3, 0.4) is 0 Å². The summed E-state index contributed by atoms with van der Waals surface area (Å²) in [5, 5.41) is 3.78. The van der Waals surface area contributed by atoms with Crippen molar-refractivity contribution in [3.8, 4) is 0 Å². The SMILES string of the molecule is CCNC1CCCCCC1N1CC(C)CC(C)C1C. The number of likely N-dealkylation sites (N-methyl/N-ethyl adjacent to an activating group) is 1. The highest BCUT2D eigenvalue weighted by Crippen LogP contribution is 2.32. The zero-order chi connectivity index (χ0) is 13.8. The van der Waals surface area contributed by atoms with Crippen LogP contribution in [0.1, 0.15) is 66.2 Å². The van der Waals surface area contributed by atoms with E-state index in [4.69, 9.17) is 0 Å². The molecule has 0 radical (unpaired) electrons. The molecule has 0 bridgehead atoms. The lowest BCUT2D eigenvalue weighted by Crippen LogP contribution is -2.57. The van der Waals surface area contributed by atoms with Crippen molar-refractivity contribution in [2.75, 3.05) is 13.1 Å². The van der Waals surface area contributed by atoms with E-state index in [2.05, 4.69) is 37.9 Å². The third kappa shape index (κ3) is 3.72. The van der Waals surface area contributed by atoms with E-state index in [1.165, 1.54) is 45.1 Å². The van der Waals surface area contributed by atoms with Crippen LogP contribution in [0.5, 0.6) is 0 Å². The number of nitrogens with one attached hydrogen (secondary N) is 1. The molecule has 19 heavy (non-hydrogen) atoms. The van der Waals surface area contributed by atoms with Crippen molar-refractivity contribution in [1.29, 1.82) is 0 Å². The number of rotatable bonds is 3. The minimum absolute atomic E-state index is 0.729. The molecular formula is C17H34N2. The molecule has 0 aromatic carbocycles. The fourth-order valence-corrected chi connectivity index (χ4v) is 4.38. The molecule has 1 saturated carbocycles. The molecule has 0 aromatic rings. The second-order valence-electron chi connectivity index (χ2n) is 7.13. The fraction of sp³-hybridized carbons (Fsp3) is 1.00. The van der Waals surface area contributed by atoms with Gasteiger partial charge in [0.05, 0.1) is 0 Å². The summed E-state index contributed by atoms with van der Waals surface area (Å²) in [4.78, 5) is 2.86. The number of likely N-dealkylation sites (tertiary alicyclic amines) is 1. The van der Waals surface area contributed by atoms with Gasteiger partial charge >= 0.3 is 0 Å². The van der Waals surface area contributed by atoms with Crippen molar-refractivity contribution in [1.82, 2.24) is 10.2 Å². The molecule has 1 aliphatic heterocycles. The van der Waals surface area contributed by atoms with Gasteiger partial charge in [-0.25, -0.2) is 0 Å². The molecule has 0 aromatic heterocycles. The summed E-state index contributed by atoms with van der Waals surface area (Å²) in [6, 6.07) is 2.27. The number of hydrogen-bond acceptors (Lipinski definition) is 2. The summed E-state index contributed by atoms with van der Waals surface area (Å²) in [5.41, 5.74) is 0. The highest BCUT2D eigenvalue weighted by molar-refractivity contribution is 4.93. The second-order valence-corrected chi connectivity index (χ2v) is 7.13. The molecule has 5 unspecified atom stereocenters. The summed E-state index contributed by atoms with van der Waals surface area (Å²) in [7, 11) is 0. The topological polar surface area (TPSA) is 15.3 Å². The number of nitrogens with zero attached hydrogens (tertiary/aromatic N) is 1. The van der Waals surface area contributed by atoms with Crippen molar-refractivity contribution in [3.05, 3.63) is 0 Å². The second kappa shape index (κ2) is 7.08. The third-order valence-corrected chi connectivity index (χ3v) is 5.52. The highest BCUT2D eigenvalue weighted by atomic mass is 15.2. The third-order valence-electron chi connectivity index (χ3n) is 5.52. The van der Waals surface area contributed by atoms with Gasteiger partial charge in [-0.3, -0.25) is 4.90 Å². The van der Waals surface area contributed by atoms with Crippen LogP contribution < -0.4 is 5.32 Å². The fourth-order valence-electron chi connectivity index (χ4n) is 4.38. The number of piperidine rings is 1. The van der Waals surface area contributed by atoms with Crippen LogP contribution in [0.4, 0.5) is 0 Å². The molecule has 5 atom stereocenters. The van der Waals surface area contributed by atoms with Gasteiger partial charge in [-0.15, -0.1) is 0 Å². The lowest BCUT2D eigenvalue weighted by atomic mass is 9.83. The van der Waals surface area contributed by atoms with Crippen LogP contribution in [0.25, 0.3) is 0 Å². The molecule has 2 heteroatoms. The van der Waals surface area contributed by atoms with Crippen molar-refractivity contribution < 1.29 is 0 Å². The van der Waals surface area contributed by atoms with Gasteiger partial charge in [-0.2, -0.15) is 0 Å². The molecule has 2 aliphatic rings. The van der Waals surface area contributed by atoms with Gasteiger partial charge < -0.3 is 5.32 Å². The van der Waals surface area contributed by atoms with Crippen LogP contribution in [0.15, 0.2) is 0 Å². The molecule has 2 fully saturated rings. The minimum Gasteiger partial charge on any atom is -0.313 e. The largest absolute Gasteiger partial charge is 0.313 e. The molecule has 112 valence electrons. The van der Waals surface area contributed by atoms with E-state index in [9.17, 15) is 0 Å². The first-order valence-electron chi connectivity index (χ1n) is 8.62. The molecule has 1 saturated heterocycles. The standard InChI is InChI=1S/C17H34N2/c1-5-18-16-9-7-6-8-10-17(16)19-12-13(2)11-14(3)15(19)4/h13-18H,5-12H2,1-4H3. The molecule has 0 spiro atoms. The number of hydrogen-bond donors (Lipinski definition) is 1. The molecular weight excluding hydrogens is 232 g/mol. The lowest BCUT2D eigenvalue weighted by Gasteiger charge is -2.47. The smallest absolute Gasteiger partial charge is 0.0252 e. The summed E-state index contributed by atoms with van der Waals surface area (Å²) >= 11 is 0. The first-order valence-corrected chi connectivity index (χ1v) is 8.62. The maximum absolute atomic E-state index is 3.78. The van der Waals surface area contributed by atoms with Crippen LogP contribution in [-0.2, 0) is 0 Å². The van der Waals surface area contributed by atoms with Gasteiger partial charge in [0.25, 0.3) is 0 Å². The Morgan fingerprint density at radius 2 is 1.79 bits per heavy atom. The highest BCUT2D eigenvalue weighted by Gasteiger charge is 2.36. The van der Waals surface area contributed by atoms with Gasteiger partial charge in [0.2, 0.25) is 0 Å². The van der Waals surface area contributed by atoms with Gasteiger partial charge in [0.15, 0.2) is 0 Å². The van der Waals surface area contributed by atoms with Crippen molar-refractivity contribution >= 4 is 0 Å². The van der Waals surface area contributed by atoms with Crippen LogP contribution in [-0.4, -0.2) is 36.1 Å². The Balaban J connectivity index is 2.10. The molecule has 2 nitrogen and oxygen atoms in total. The Morgan fingerprint density at radius 3 is 2.53 bits per heavy atom. The Bertz CT molecular complexity index is 266. The maximum atomic E-state index is 3.78. The predicted molar refractivity (Wildman–Crippen MR) is 83.5 cm³/mol. The zero-order valence-corrected chi connectivity index (χ0v) is 13.5. The monoisotopic (exact) mass is 266 g/mol. The van der Waals surface area contributed by atoms with E-state index in [1.54, 1.807) is 0 Å². The summed E-state index contributed by atoms with van der Waals surface area (Å²) in [6.45, 7) is 12.0. The van der Waals surface area contributed by atoms with Crippen LogP contribution in [0, 0.1) is 11.8 Å². The van der Waals surface area contributed by atoms with Crippen molar-refractivity contribution in [2.24, 2.45) is 11.8 Å². The summed E-state index contributed by atoms with van der Waals surface area (Å²) < 4.78 is 0. The normalized spacial score (nSPS) is 42.0. The average molecular weight is 266 g/mol. The molecule has 1 heterocycles. The molecule has 1 aliphatic carbocycles.